The first-order valence-electron chi connectivity index (χ1n) is 11.7. The molecular weight excluding hydrogens is 390 g/mol. The topological polar surface area (TPSA) is 56.6 Å². The number of para-hydroxylation sites is 1. The second-order valence-corrected chi connectivity index (χ2v) is 9.88. The van der Waals surface area contributed by atoms with Crippen molar-refractivity contribution in [2.75, 3.05) is 6.61 Å². The number of carbonyl (C=O) groups excluding carboxylic acids is 1. The normalized spacial score (nSPS) is 19.2. The molecule has 6 nitrogen and oxygen atoms in total. The predicted octanol–water partition coefficient (Wildman–Crippen LogP) is 3.97. The van der Waals surface area contributed by atoms with Crippen LogP contribution in [-0.2, 0) is 37.6 Å². The summed E-state index contributed by atoms with van der Waals surface area (Å²) in [7, 11) is 2.02. The fraction of sp³-hybridized carbons (Fsp3) is 0.600. The molecule has 0 bridgehead atoms. The van der Waals surface area contributed by atoms with Crippen LogP contribution in [0.5, 0.6) is 11.5 Å². The van der Waals surface area contributed by atoms with E-state index in [0.29, 0.717) is 12.3 Å². The summed E-state index contributed by atoms with van der Waals surface area (Å²) < 4.78 is 14.2. The fourth-order valence-corrected chi connectivity index (χ4v) is 5.55. The minimum atomic E-state index is -0.235. The summed E-state index contributed by atoms with van der Waals surface area (Å²) in [5.41, 5.74) is 4.68. The summed E-state index contributed by atoms with van der Waals surface area (Å²) in [6, 6.07) is 6.24. The van der Waals surface area contributed by atoms with E-state index < -0.39 is 0 Å². The van der Waals surface area contributed by atoms with Crippen molar-refractivity contribution in [3.8, 4) is 11.5 Å². The minimum absolute atomic E-state index is 0.0335. The third kappa shape index (κ3) is 3.92. The maximum absolute atomic E-state index is 13.4. The van der Waals surface area contributed by atoms with Crippen LogP contribution in [0.1, 0.15) is 68.5 Å². The van der Waals surface area contributed by atoms with Crippen molar-refractivity contribution < 1.29 is 14.3 Å². The van der Waals surface area contributed by atoms with E-state index in [9.17, 15) is 4.79 Å². The molecule has 0 unspecified atom stereocenters. The van der Waals surface area contributed by atoms with E-state index in [-0.39, 0.29) is 24.2 Å². The lowest BCUT2D eigenvalue weighted by molar-refractivity contribution is -0.136. The van der Waals surface area contributed by atoms with Crippen LogP contribution >= 0.6 is 0 Å². The smallest absolute Gasteiger partial charge is 0.261 e. The van der Waals surface area contributed by atoms with Gasteiger partial charge in [-0.2, -0.15) is 5.10 Å². The average molecular weight is 424 g/mol. The van der Waals surface area contributed by atoms with E-state index in [0.717, 1.165) is 49.1 Å². The van der Waals surface area contributed by atoms with Crippen molar-refractivity contribution in [3.63, 3.8) is 0 Å². The van der Waals surface area contributed by atoms with Gasteiger partial charge in [-0.05, 0) is 57.6 Å². The van der Waals surface area contributed by atoms with Gasteiger partial charge in [0, 0.05) is 30.8 Å². The van der Waals surface area contributed by atoms with Gasteiger partial charge in [0.2, 0.25) is 0 Å². The van der Waals surface area contributed by atoms with Crippen molar-refractivity contribution in [2.24, 2.45) is 7.05 Å². The second kappa shape index (κ2) is 7.88. The predicted molar refractivity (Wildman–Crippen MR) is 118 cm³/mol. The molecule has 1 aromatic carbocycles. The molecule has 2 heterocycles. The van der Waals surface area contributed by atoms with Crippen molar-refractivity contribution in [2.45, 2.75) is 83.4 Å². The summed E-state index contributed by atoms with van der Waals surface area (Å²) >= 11 is 0. The molecule has 31 heavy (non-hydrogen) atoms. The number of carbonyl (C=O) groups is 1. The lowest BCUT2D eigenvalue weighted by Crippen LogP contribution is -2.41. The van der Waals surface area contributed by atoms with Gasteiger partial charge in [-0.25, -0.2) is 0 Å². The number of ether oxygens (including phenoxy) is 2. The number of benzene rings is 1. The van der Waals surface area contributed by atoms with E-state index in [1.54, 1.807) is 0 Å². The number of nitrogens with zero attached hydrogens (tertiary/aromatic N) is 3. The van der Waals surface area contributed by atoms with Gasteiger partial charge in [0.15, 0.2) is 18.1 Å². The average Bonchev–Trinajstić information content (AvgIpc) is 3.49. The number of rotatable bonds is 6. The third-order valence-corrected chi connectivity index (χ3v) is 7.01. The number of aromatic nitrogens is 2. The molecule has 0 radical (unpaired) electrons. The van der Waals surface area contributed by atoms with Crippen LogP contribution in [0.25, 0.3) is 0 Å². The molecule has 1 aromatic heterocycles. The number of hydrogen-bond acceptors (Lipinski definition) is 4. The van der Waals surface area contributed by atoms with E-state index in [1.165, 1.54) is 30.5 Å². The van der Waals surface area contributed by atoms with Gasteiger partial charge >= 0.3 is 0 Å². The largest absolute Gasteiger partial charge is 0.483 e. The molecule has 1 aliphatic heterocycles. The first kappa shape index (κ1) is 20.4. The monoisotopic (exact) mass is 423 g/mol. The Labute approximate surface area is 184 Å². The Morgan fingerprint density at radius 2 is 2.06 bits per heavy atom. The Kier molecular flexibility index (Phi) is 5.19. The van der Waals surface area contributed by atoms with Gasteiger partial charge in [0.05, 0.1) is 12.2 Å². The van der Waals surface area contributed by atoms with Gasteiger partial charge in [0.1, 0.15) is 5.60 Å². The summed E-state index contributed by atoms with van der Waals surface area (Å²) in [4.78, 5) is 15.4. The van der Waals surface area contributed by atoms with Crippen molar-refractivity contribution in [1.82, 2.24) is 14.7 Å². The van der Waals surface area contributed by atoms with Gasteiger partial charge in [-0.1, -0.05) is 25.0 Å². The number of amides is 1. The van der Waals surface area contributed by atoms with Gasteiger partial charge in [-0.3, -0.25) is 9.48 Å². The van der Waals surface area contributed by atoms with Crippen molar-refractivity contribution >= 4 is 5.91 Å². The minimum Gasteiger partial charge on any atom is -0.483 e. The first-order valence-corrected chi connectivity index (χ1v) is 11.7. The van der Waals surface area contributed by atoms with Gasteiger partial charge in [-0.15, -0.1) is 0 Å². The van der Waals surface area contributed by atoms with E-state index in [4.69, 9.17) is 14.6 Å². The molecule has 5 rings (SSSR count). The molecule has 0 N–H and O–H groups in total. The molecule has 2 aliphatic carbocycles. The standard InChI is InChI=1S/C25H33N3O3/c1-25(2)14-17-8-6-13-22(24(17)31-25)30-16-23(29)28(18-9-4-5-10-18)15-20-19-11-7-12-21(19)27(3)26-20/h6,8,13,18H,4-5,7,9-12,14-16H2,1-3H3. The van der Waals surface area contributed by atoms with E-state index in [1.807, 2.05) is 28.8 Å². The first-order chi connectivity index (χ1) is 14.9. The van der Waals surface area contributed by atoms with Crippen LogP contribution in [0.2, 0.25) is 0 Å². The summed E-state index contributed by atoms with van der Waals surface area (Å²) in [5, 5.41) is 4.77. The molecule has 6 heteroatoms. The molecule has 1 amide bonds. The highest BCUT2D eigenvalue weighted by Gasteiger charge is 2.33. The maximum atomic E-state index is 13.4. The highest BCUT2D eigenvalue weighted by molar-refractivity contribution is 5.78. The highest BCUT2D eigenvalue weighted by atomic mass is 16.5. The molecule has 0 saturated heterocycles. The third-order valence-electron chi connectivity index (χ3n) is 7.01. The summed E-state index contributed by atoms with van der Waals surface area (Å²) in [6.07, 6.45) is 8.71. The Morgan fingerprint density at radius 1 is 1.26 bits per heavy atom. The maximum Gasteiger partial charge on any atom is 0.261 e. The lowest BCUT2D eigenvalue weighted by Gasteiger charge is -2.29. The molecule has 1 saturated carbocycles. The van der Waals surface area contributed by atoms with Crippen molar-refractivity contribution in [1.29, 1.82) is 0 Å². The zero-order chi connectivity index (χ0) is 21.6. The Balaban J connectivity index is 1.32. The van der Waals surface area contributed by atoms with E-state index in [2.05, 4.69) is 19.9 Å². The second-order valence-electron chi connectivity index (χ2n) is 9.88. The summed E-state index contributed by atoms with van der Waals surface area (Å²) in [6.45, 7) is 4.78. The van der Waals surface area contributed by atoms with Gasteiger partial charge in [0.25, 0.3) is 5.91 Å². The molecule has 1 fully saturated rings. The van der Waals surface area contributed by atoms with Crippen LogP contribution < -0.4 is 9.47 Å². The summed E-state index contributed by atoms with van der Waals surface area (Å²) in [5.74, 6) is 1.50. The molecule has 2 aromatic rings. The van der Waals surface area contributed by atoms with Crippen LogP contribution in [0, 0.1) is 0 Å². The lowest BCUT2D eigenvalue weighted by atomic mass is 10.0. The fourth-order valence-electron chi connectivity index (χ4n) is 5.55. The van der Waals surface area contributed by atoms with Crippen LogP contribution in [0.15, 0.2) is 18.2 Å². The Hall–Kier alpha value is -2.50. The SMILES string of the molecule is Cn1nc(CN(C(=O)COc2cccc3c2OC(C)(C)C3)C2CCCC2)c2c1CCC2. The molecule has 0 spiro atoms. The van der Waals surface area contributed by atoms with Crippen LogP contribution in [0.4, 0.5) is 0 Å². The Morgan fingerprint density at radius 3 is 2.87 bits per heavy atom. The Bertz CT molecular complexity index is 988. The highest BCUT2D eigenvalue weighted by Crippen LogP contribution is 2.41. The number of fused-ring (bicyclic) bond motifs is 2. The number of aryl methyl sites for hydroxylation is 1. The van der Waals surface area contributed by atoms with Crippen LogP contribution in [0.3, 0.4) is 0 Å². The van der Waals surface area contributed by atoms with Crippen LogP contribution in [-0.4, -0.2) is 38.8 Å². The van der Waals surface area contributed by atoms with E-state index >= 15 is 0 Å². The quantitative estimate of drug-likeness (QED) is 0.705. The van der Waals surface area contributed by atoms with Crippen molar-refractivity contribution in [3.05, 3.63) is 40.7 Å². The number of hydrogen-bond donors (Lipinski definition) is 0. The zero-order valence-corrected chi connectivity index (χ0v) is 18.9. The molecule has 3 aliphatic rings. The van der Waals surface area contributed by atoms with Gasteiger partial charge < -0.3 is 14.4 Å². The molecular formula is C25H33N3O3. The molecule has 166 valence electrons. The zero-order valence-electron chi connectivity index (χ0n) is 18.9. The molecule has 0 atom stereocenters.